The van der Waals surface area contributed by atoms with Gasteiger partial charge in [0.05, 0.1) is 11.4 Å². The Hall–Kier alpha value is -1.15. The van der Waals surface area contributed by atoms with E-state index in [0.717, 1.165) is 10.6 Å². The van der Waals surface area contributed by atoms with Crippen LogP contribution in [0.4, 0.5) is 5.69 Å². The van der Waals surface area contributed by atoms with Crippen LogP contribution in [-0.2, 0) is 16.6 Å². The third-order valence-electron chi connectivity index (χ3n) is 2.49. The van der Waals surface area contributed by atoms with E-state index in [2.05, 4.69) is 15.0 Å². The molecule has 2 aromatic rings. The van der Waals surface area contributed by atoms with Gasteiger partial charge in [-0.1, -0.05) is 18.5 Å². The van der Waals surface area contributed by atoms with Crippen molar-refractivity contribution in [2.45, 2.75) is 18.4 Å². The first-order valence-corrected chi connectivity index (χ1v) is 8.63. The molecule has 0 fully saturated rings. The van der Waals surface area contributed by atoms with Crippen LogP contribution in [0, 0.1) is 0 Å². The Morgan fingerprint density at radius 2 is 2.00 bits per heavy atom. The van der Waals surface area contributed by atoms with Gasteiger partial charge in [-0.15, -0.1) is 11.3 Å². The zero-order valence-corrected chi connectivity index (χ0v) is 13.1. The molecule has 0 bridgehead atoms. The third-order valence-corrected chi connectivity index (χ3v) is 5.17. The minimum atomic E-state index is -3.39. The zero-order valence-electron chi connectivity index (χ0n) is 10.8. The summed E-state index contributed by atoms with van der Waals surface area (Å²) in [5.74, 6) is 0. The molecule has 1 aromatic heterocycles. The van der Waals surface area contributed by atoms with Gasteiger partial charge in [0, 0.05) is 23.3 Å². The van der Waals surface area contributed by atoms with Crippen molar-refractivity contribution in [1.29, 1.82) is 0 Å². The van der Waals surface area contributed by atoms with Gasteiger partial charge in [0.15, 0.2) is 4.47 Å². The smallest absolute Gasteiger partial charge is 0.240 e. The van der Waals surface area contributed by atoms with Gasteiger partial charge in [-0.05, 0) is 24.3 Å². The second-order valence-corrected chi connectivity index (χ2v) is 7.42. The van der Waals surface area contributed by atoms with Crippen molar-refractivity contribution in [2.75, 3.05) is 11.9 Å². The van der Waals surface area contributed by atoms with Crippen LogP contribution in [0.3, 0.4) is 0 Å². The average molecular weight is 332 g/mol. The summed E-state index contributed by atoms with van der Waals surface area (Å²) in [5, 5.41) is 3.18. The van der Waals surface area contributed by atoms with Crippen molar-refractivity contribution < 1.29 is 8.42 Å². The Balaban J connectivity index is 2.01. The number of nitrogens with zero attached hydrogens (tertiary/aromatic N) is 1. The molecule has 0 saturated carbocycles. The minimum Gasteiger partial charge on any atom is -0.380 e. The molecule has 8 heteroatoms. The molecule has 0 aliphatic carbocycles. The second kappa shape index (κ2) is 6.53. The topological polar surface area (TPSA) is 71.1 Å². The van der Waals surface area contributed by atoms with Crippen LogP contribution in [0.1, 0.15) is 11.8 Å². The molecule has 1 aromatic carbocycles. The lowest BCUT2D eigenvalue weighted by molar-refractivity contribution is 0.584. The van der Waals surface area contributed by atoms with Crippen LogP contribution in [0.15, 0.2) is 35.4 Å². The summed E-state index contributed by atoms with van der Waals surface area (Å²) in [6.07, 6.45) is 1.71. The molecule has 0 aliphatic heterocycles. The first kappa shape index (κ1) is 15.2. The maximum Gasteiger partial charge on any atom is 0.240 e. The summed E-state index contributed by atoms with van der Waals surface area (Å²) in [4.78, 5) is 5.22. The fourth-order valence-electron chi connectivity index (χ4n) is 1.58. The van der Waals surface area contributed by atoms with Crippen LogP contribution >= 0.6 is 22.9 Å². The Labute approximate surface area is 127 Å². The van der Waals surface area contributed by atoms with E-state index in [4.69, 9.17) is 11.6 Å². The number of nitrogens with one attached hydrogen (secondary N) is 2. The van der Waals surface area contributed by atoms with Gasteiger partial charge in [-0.3, -0.25) is 0 Å². The fourth-order valence-corrected chi connectivity index (χ4v) is 3.54. The molecular formula is C12H14ClN3O2S2. The molecule has 0 aliphatic rings. The zero-order chi connectivity index (χ0) is 14.6. The molecule has 0 amide bonds. The molecule has 1 heterocycles. The number of benzene rings is 1. The Morgan fingerprint density at radius 3 is 2.55 bits per heavy atom. The summed E-state index contributed by atoms with van der Waals surface area (Å²) in [5.41, 5.74) is 0.838. The van der Waals surface area contributed by atoms with Crippen molar-refractivity contribution in [3.8, 4) is 0 Å². The Kier molecular flexibility index (Phi) is 4.98. The van der Waals surface area contributed by atoms with Crippen LogP contribution in [0.5, 0.6) is 0 Å². The van der Waals surface area contributed by atoms with Gasteiger partial charge in [-0.25, -0.2) is 18.1 Å². The highest BCUT2D eigenvalue weighted by atomic mass is 35.5. The molecule has 5 nitrogen and oxygen atoms in total. The molecule has 20 heavy (non-hydrogen) atoms. The second-order valence-electron chi connectivity index (χ2n) is 3.96. The van der Waals surface area contributed by atoms with Gasteiger partial charge in [0.1, 0.15) is 0 Å². The van der Waals surface area contributed by atoms with Gasteiger partial charge in [0.2, 0.25) is 10.0 Å². The van der Waals surface area contributed by atoms with Crippen molar-refractivity contribution >= 4 is 38.6 Å². The number of hydrogen-bond acceptors (Lipinski definition) is 5. The van der Waals surface area contributed by atoms with E-state index in [-0.39, 0.29) is 4.90 Å². The summed E-state index contributed by atoms with van der Waals surface area (Å²) >= 11 is 7.16. The first-order valence-electron chi connectivity index (χ1n) is 5.95. The lowest BCUT2D eigenvalue weighted by atomic mass is 10.3. The predicted molar refractivity (Wildman–Crippen MR) is 81.8 cm³/mol. The van der Waals surface area contributed by atoms with E-state index in [0.29, 0.717) is 17.6 Å². The molecule has 0 unspecified atom stereocenters. The number of sulfonamides is 1. The minimum absolute atomic E-state index is 0.255. The van der Waals surface area contributed by atoms with Crippen molar-refractivity contribution in [1.82, 2.24) is 9.71 Å². The van der Waals surface area contributed by atoms with Gasteiger partial charge in [0.25, 0.3) is 0 Å². The van der Waals surface area contributed by atoms with Crippen molar-refractivity contribution in [2.24, 2.45) is 0 Å². The summed E-state index contributed by atoms with van der Waals surface area (Å²) < 4.78 is 26.5. The molecule has 0 saturated heterocycles. The molecule has 0 atom stereocenters. The van der Waals surface area contributed by atoms with E-state index in [1.165, 1.54) is 11.3 Å². The fraction of sp³-hybridized carbons (Fsp3) is 0.250. The Morgan fingerprint density at radius 1 is 1.30 bits per heavy atom. The third kappa shape index (κ3) is 3.92. The molecule has 108 valence electrons. The maximum absolute atomic E-state index is 11.8. The normalized spacial score (nSPS) is 11.5. The van der Waals surface area contributed by atoms with Gasteiger partial charge < -0.3 is 5.32 Å². The van der Waals surface area contributed by atoms with Crippen LogP contribution in [0.25, 0.3) is 0 Å². The number of halogens is 1. The van der Waals surface area contributed by atoms with Crippen molar-refractivity contribution in [3.63, 3.8) is 0 Å². The SMILES string of the molecule is CCNS(=O)(=O)c1ccc(NCc2cnc(Cl)s2)cc1. The number of thiazole rings is 1. The molecule has 0 spiro atoms. The van der Waals surface area contributed by atoms with E-state index < -0.39 is 10.0 Å². The van der Waals surface area contributed by atoms with E-state index in [9.17, 15) is 8.42 Å². The molecule has 2 rings (SSSR count). The highest BCUT2D eigenvalue weighted by Crippen LogP contribution is 2.20. The molecular weight excluding hydrogens is 318 g/mol. The van der Waals surface area contributed by atoms with Gasteiger partial charge in [-0.2, -0.15) is 0 Å². The highest BCUT2D eigenvalue weighted by Gasteiger charge is 2.11. The van der Waals surface area contributed by atoms with E-state index in [1.54, 1.807) is 37.4 Å². The lowest BCUT2D eigenvalue weighted by Crippen LogP contribution is -2.23. The largest absolute Gasteiger partial charge is 0.380 e. The molecule has 2 N–H and O–H groups in total. The number of aromatic nitrogens is 1. The maximum atomic E-state index is 11.8. The predicted octanol–water partition coefficient (Wildman–Crippen LogP) is 2.71. The van der Waals surface area contributed by atoms with E-state index in [1.807, 2.05) is 0 Å². The quantitative estimate of drug-likeness (QED) is 0.853. The summed E-state index contributed by atoms with van der Waals surface area (Å²) in [7, 11) is -3.39. The number of hydrogen-bond donors (Lipinski definition) is 2. The number of anilines is 1. The Bertz CT molecular complexity index is 668. The van der Waals surface area contributed by atoms with Crippen molar-refractivity contribution in [3.05, 3.63) is 39.8 Å². The van der Waals surface area contributed by atoms with Gasteiger partial charge >= 0.3 is 0 Å². The monoisotopic (exact) mass is 331 g/mol. The summed E-state index contributed by atoms with van der Waals surface area (Å²) in [6, 6.07) is 6.60. The average Bonchev–Trinajstić information content (AvgIpc) is 2.83. The van der Waals surface area contributed by atoms with Crippen LogP contribution < -0.4 is 10.0 Å². The van der Waals surface area contributed by atoms with Crippen LogP contribution in [0.2, 0.25) is 4.47 Å². The summed E-state index contributed by atoms with van der Waals surface area (Å²) in [6.45, 7) is 2.71. The first-order chi connectivity index (χ1) is 9.51. The molecule has 0 radical (unpaired) electrons. The van der Waals surface area contributed by atoms with Crippen LogP contribution in [-0.4, -0.2) is 19.9 Å². The highest BCUT2D eigenvalue weighted by molar-refractivity contribution is 7.89. The number of rotatable bonds is 6. The van der Waals surface area contributed by atoms with E-state index >= 15 is 0 Å². The standard InChI is InChI=1S/C12H14ClN3O2S2/c1-2-16-20(17,18)11-5-3-9(4-6-11)14-7-10-8-15-12(13)19-10/h3-6,8,14,16H,2,7H2,1H3. The lowest BCUT2D eigenvalue weighted by Gasteiger charge is -2.07.